The van der Waals surface area contributed by atoms with Crippen LogP contribution in [0, 0.1) is 0 Å². The summed E-state index contributed by atoms with van der Waals surface area (Å²) >= 11 is 3.77. The molecular weight excluding hydrogens is 184 g/mol. The maximum absolute atomic E-state index is 2.26. The molecule has 0 atom stereocenters. The van der Waals surface area contributed by atoms with Crippen molar-refractivity contribution in [1.29, 1.82) is 0 Å². The molecule has 1 rings (SSSR count). The van der Waals surface area contributed by atoms with E-state index in [1.54, 1.807) is 11.3 Å². The molecule has 0 saturated heterocycles. The summed E-state index contributed by atoms with van der Waals surface area (Å²) in [6.45, 7) is 2.26. The monoisotopic (exact) mass is 200 g/mol. The number of thioether (sulfide) groups is 1. The van der Waals surface area contributed by atoms with Gasteiger partial charge in [0.2, 0.25) is 0 Å². The maximum atomic E-state index is 2.26. The fraction of sp³-hybridized carbons (Fsp3) is 0.600. The largest absolute Gasteiger partial charge is 0.151 e. The van der Waals surface area contributed by atoms with Crippen LogP contribution in [-0.4, -0.2) is 5.75 Å². The van der Waals surface area contributed by atoms with E-state index >= 15 is 0 Å². The predicted octanol–water partition coefficient (Wildman–Crippen LogP) is 4.42. The van der Waals surface area contributed by atoms with Gasteiger partial charge in [0.05, 0.1) is 0 Å². The van der Waals surface area contributed by atoms with Gasteiger partial charge in [0.25, 0.3) is 0 Å². The van der Waals surface area contributed by atoms with E-state index in [2.05, 4.69) is 23.8 Å². The van der Waals surface area contributed by atoms with E-state index in [9.17, 15) is 0 Å². The number of rotatable bonds is 6. The van der Waals surface area contributed by atoms with E-state index in [4.69, 9.17) is 0 Å². The van der Waals surface area contributed by atoms with Crippen molar-refractivity contribution in [1.82, 2.24) is 0 Å². The molecule has 1 aromatic heterocycles. The first-order chi connectivity index (χ1) is 5.93. The zero-order valence-electron chi connectivity index (χ0n) is 7.58. The summed E-state index contributed by atoms with van der Waals surface area (Å²) in [5.74, 6) is 1.29. The van der Waals surface area contributed by atoms with E-state index in [0.29, 0.717) is 0 Å². The van der Waals surface area contributed by atoms with Crippen LogP contribution in [0.2, 0.25) is 0 Å². The number of thiophene rings is 1. The fourth-order valence-corrected chi connectivity index (χ4v) is 2.84. The quantitative estimate of drug-likeness (QED) is 0.484. The van der Waals surface area contributed by atoms with Crippen molar-refractivity contribution in [3.8, 4) is 0 Å². The van der Waals surface area contributed by atoms with Crippen molar-refractivity contribution in [2.45, 2.75) is 37.5 Å². The molecule has 0 aliphatic heterocycles. The Morgan fingerprint density at radius 3 is 2.92 bits per heavy atom. The van der Waals surface area contributed by atoms with Crippen LogP contribution in [-0.2, 0) is 0 Å². The van der Waals surface area contributed by atoms with Crippen molar-refractivity contribution in [2.75, 3.05) is 5.75 Å². The van der Waals surface area contributed by atoms with Crippen LogP contribution >= 0.6 is 23.1 Å². The first-order valence-corrected chi connectivity index (χ1v) is 6.51. The molecule has 1 aromatic rings. The van der Waals surface area contributed by atoms with E-state index in [1.807, 2.05) is 11.8 Å². The van der Waals surface area contributed by atoms with E-state index < -0.39 is 0 Å². The minimum Gasteiger partial charge on any atom is -0.151 e. The molecule has 68 valence electrons. The summed E-state index contributed by atoms with van der Waals surface area (Å²) in [5, 5.41) is 4.37. The highest BCUT2D eigenvalue weighted by molar-refractivity contribution is 7.99. The smallest absolute Gasteiger partial charge is 0.0179 e. The molecule has 0 radical (unpaired) electrons. The fourth-order valence-electron chi connectivity index (χ4n) is 1.05. The Kier molecular flexibility index (Phi) is 5.53. The molecule has 2 heteroatoms. The molecule has 0 saturated carbocycles. The SMILES string of the molecule is CCCCCCSc1ccsc1. The van der Waals surface area contributed by atoms with Gasteiger partial charge in [0, 0.05) is 10.3 Å². The minimum atomic E-state index is 1.29. The van der Waals surface area contributed by atoms with Gasteiger partial charge in [-0.2, -0.15) is 11.3 Å². The summed E-state index contributed by atoms with van der Waals surface area (Å²) in [6.07, 6.45) is 5.50. The number of hydrogen-bond donors (Lipinski definition) is 0. The normalized spacial score (nSPS) is 10.4. The minimum absolute atomic E-state index is 1.29. The van der Waals surface area contributed by atoms with Crippen molar-refractivity contribution in [2.24, 2.45) is 0 Å². The molecule has 0 spiro atoms. The second-order valence-electron chi connectivity index (χ2n) is 2.87. The third kappa shape index (κ3) is 4.17. The van der Waals surface area contributed by atoms with Gasteiger partial charge in [-0.05, 0) is 23.6 Å². The molecular formula is C10H16S2. The van der Waals surface area contributed by atoms with Gasteiger partial charge in [-0.3, -0.25) is 0 Å². The van der Waals surface area contributed by atoms with Gasteiger partial charge in [0.1, 0.15) is 0 Å². The lowest BCUT2D eigenvalue weighted by molar-refractivity contribution is 0.706. The van der Waals surface area contributed by atoms with Crippen LogP contribution in [0.1, 0.15) is 32.6 Å². The summed E-state index contributed by atoms with van der Waals surface area (Å²) < 4.78 is 0. The van der Waals surface area contributed by atoms with Gasteiger partial charge in [-0.15, -0.1) is 11.8 Å². The summed E-state index contributed by atoms with van der Waals surface area (Å²) in [7, 11) is 0. The topological polar surface area (TPSA) is 0 Å². The molecule has 0 aliphatic rings. The Morgan fingerprint density at radius 1 is 1.33 bits per heavy atom. The third-order valence-corrected chi connectivity index (χ3v) is 3.67. The van der Waals surface area contributed by atoms with Gasteiger partial charge >= 0.3 is 0 Å². The molecule has 0 fully saturated rings. The van der Waals surface area contributed by atoms with Crippen molar-refractivity contribution in [3.05, 3.63) is 16.8 Å². The molecule has 0 amide bonds. The Morgan fingerprint density at radius 2 is 2.25 bits per heavy atom. The maximum Gasteiger partial charge on any atom is 0.0179 e. The predicted molar refractivity (Wildman–Crippen MR) is 59.2 cm³/mol. The second kappa shape index (κ2) is 6.55. The Balaban J connectivity index is 1.96. The van der Waals surface area contributed by atoms with Crippen LogP contribution in [0.15, 0.2) is 21.7 Å². The van der Waals surface area contributed by atoms with Crippen molar-refractivity contribution in [3.63, 3.8) is 0 Å². The molecule has 0 N–H and O–H groups in total. The van der Waals surface area contributed by atoms with Gasteiger partial charge in [-0.25, -0.2) is 0 Å². The molecule has 0 unspecified atom stereocenters. The zero-order valence-corrected chi connectivity index (χ0v) is 9.22. The van der Waals surface area contributed by atoms with Crippen LogP contribution in [0.25, 0.3) is 0 Å². The lowest BCUT2D eigenvalue weighted by Crippen LogP contribution is -1.79. The lowest BCUT2D eigenvalue weighted by atomic mass is 10.2. The average molecular weight is 200 g/mol. The van der Waals surface area contributed by atoms with E-state index in [0.717, 1.165) is 0 Å². The highest BCUT2D eigenvalue weighted by Crippen LogP contribution is 2.21. The molecule has 0 nitrogen and oxygen atoms in total. The average Bonchev–Trinajstić information content (AvgIpc) is 2.57. The van der Waals surface area contributed by atoms with Gasteiger partial charge in [-0.1, -0.05) is 26.2 Å². The number of hydrogen-bond acceptors (Lipinski definition) is 2. The standard InChI is InChI=1S/C10H16S2/c1-2-3-4-5-7-12-10-6-8-11-9-10/h6,8-9H,2-5,7H2,1H3. The summed E-state index contributed by atoms with van der Waals surface area (Å²) in [4.78, 5) is 1.44. The second-order valence-corrected chi connectivity index (χ2v) is 4.82. The van der Waals surface area contributed by atoms with E-state index in [-0.39, 0.29) is 0 Å². The van der Waals surface area contributed by atoms with Crippen LogP contribution in [0.3, 0.4) is 0 Å². The van der Waals surface area contributed by atoms with Crippen molar-refractivity contribution >= 4 is 23.1 Å². The molecule has 0 bridgehead atoms. The first kappa shape index (κ1) is 10.1. The van der Waals surface area contributed by atoms with Crippen LogP contribution in [0.4, 0.5) is 0 Å². The zero-order chi connectivity index (χ0) is 8.65. The van der Waals surface area contributed by atoms with E-state index in [1.165, 1.54) is 36.3 Å². The Hall–Kier alpha value is 0.0500. The Bertz CT molecular complexity index is 180. The lowest BCUT2D eigenvalue weighted by Gasteiger charge is -1.97. The molecule has 0 aromatic carbocycles. The first-order valence-electron chi connectivity index (χ1n) is 4.58. The summed E-state index contributed by atoms with van der Waals surface area (Å²) in [6, 6.07) is 2.20. The van der Waals surface area contributed by atoms with Gasteiger partial charge in [0.15, 0.2) is 0 Å². The Labute approximate surface area is 83.4 Å². The van der Waals surface area contributed by atoms with Crippen LogP contribution < -0.4 is 0 Å². The molecule has 0 aliphatic carbocycles. The third-order valence-electron chi connectivity index (χ3n) is 1.76. The molecule has 1 heterocycles. The molecule has 12 heavy (non-hydrogen) atoms. The highest BCUT2D eigenvalue weighted by atomic mass is 32.2. The van der Waals surface area contributed by atoms with Crippen LogP contribution in [0.5, 0.6) is 0 Å². The number of unbranched alkanes of at least 4 members (excludes halogenated alkanes) is 3. The summed E-state index contributed by atoms with van der Waals surface area (Å²) in [5.41, 5.74) is 0. The van der Waals surface area contributed by atoms with Gasteiger partial charge < -0.3 is 0 Å². The van der Waals surface area contributed by atoms with Crippen molar-refractivity contribution < 1.29 is 0 Å². The highest BCUT2D eigenvalue weighted by Gasteiger charge is 1.93.